The highest BCUT2D eigenvalue weighted by Gasteiger charge is 2.33. The van der Waals surface area contributed by atoms with E-state index >= 15 is 0 Å². The van der Waals surface area contributed by atoms with Gasteiger partial charge in [0.1, 0.15) is 0 Å². The number of piperidine rings is 1. The lowest BCUT2D eigenvalue weighted by Crippen LogP contribution is -2.57. The monoisotopic (exact) mass is 301 g/mol. The molecule has 2 aliphatic rings. The first kappa shape index (κ1) is 15.5. The highest BCUT2D eigenvalue weighted by molar-refractivity contribution is 5.82. The summed E-state index contributed by atoms with van der Waals surface area (Å²) < 4.78 is 0. The number of nitrogens with one attached hydrogen (secondary N) is 1. The van der Waals surface area contributed by atoms with Crippen LogP contribution in [-0.4, -0.2) is 54.0 Å². The Morgan fingerprint density at radius 1 is 1.23 bits per heavy atom. The molecule has 2 unspecified atom stereocenters. The number of carbonyl (C=O) groups excluding carboxylic acids is 1. The van der Waals surface area contributed by atoms with Crippen molar-refractivity contribution in [2.24, 2.45) is 0 Å². The number of hydrogen-bond acceptors (Lipinski definition) is 3. The van der Waals surface area contributed by atoms with E-state index < -0.39 is 0 Å². The molecular formula is C18H27N3O. The fourth-order valence-corrected chi connectivity index (χ4v) is 3.62. The summed E-state index contributed by atoms with van der Waals surface area (Å²) in [6, 6.07) is 11.0. The molecule has 1 amide bonds. The maximum absolute atomic E-state index is 13.0. The van der Waals surface area contributed by atoms with Crippen molar-refractivity contribution in [3.63, 3.8) is 0 Å². The number of nitrogens with zero attached hydrogens (tertiary/aromatic N) is 2. The summed E-state index contributed by atoms with van der Waals surface area (Å²) in [5, 5.41) is 3.41. The molecule has 0 aliphatic carbocycles. The van der Waals surface area contributed by atoms with Crippen molar-refractivity contribution in [2.45, 2.75) is 44.8 Å². The van der Waals surface area contributed by atoms with Crippen molar-refractivity contribution in [1.82, 2.24) is 15.1 Å². The zero-order valence-corrected chi connectivity index (χ0v) is 13.5. The first-order valence-electron chi connectivity index (χ1n) is 8.54. The quantitative estimate of drug-likeness (QED) is 0.926. The van der Waals surface area contributed by atoms with Gasteiger partial charge in [0, 0.05) is 32.2 Å². The molecule has 1 aromatic carbocycles. The summed E-state index contributed by atoms with van der Waals surface area (Å²) in [7, 11) is 0. The Hall–Kier alpha value is -1.39. The molecule has 2 atom stereocenters. The zero-order chi connectivity index (χ0) is 15.4. The molecule has 1 aromatic rings. The van der Waals surface area contributed by atoms with Gasteiger partial charge in [0.25, 0.3) is 0 Å². The average Bonchev–Trinajstić information content (AvgIpc) is 2.56. The van der Waals surface area contributed by atoms with Crippen LogP contribution in [0.1, 0.15) is 31.7 Å². The molecule has 3 rings (SSSR count). The average molecular weight is 301 g/mol. The first-order valence-corrected chi connectivity index (χ1v) is 8.54. The number of rotatable bonds is 3. The molecule has 2 fully saturated rings. The van der Waals surface area contributed by atoms with Crippen molar-refractivity contribution in [3.8, 4) is 0 Å². The van der Waals surface area contributed by atoms with Gasteiger partial charge in [-0.2, -0.15) is 0 Å². The SMILES string of the molecule is CC1CN(C(=O)C2CCCCN2Cc2ccccc2)CCN1. The maximum atomic E-state index is 13.0. The number of likely N-dealkylation sites (tertiary alicyclic amines) is 1. The van der Waals surface area contributed by atoms with Gasteiger partial charge < -0.3 is 10.2 Å². The Morgan fingerprint density at radius 3 is 2.82 bits per heavy atom. The predicted molar refractivity (Wildman–Crippen MR) is 88.5 cm³/mol. The summed E-state index contributed by atoms with van der Waals surface area (Å²) in [4.78, 5) is 17.4. The summed E-state index contributed by atoms with van der Waals surface area (Å²) in [6.07, 6.45) is 3.38. The number of amides is 1. The molecule has 1 N–H and O–H groups in total. The Bertz CT molecular complexity index is 490. The van der Waals surface area contributed by atoms with E-state index in [2.05, 4.69) is 46.3 Å². The first-order chi connectivity index (χ1) is 10.7. The van der Waals surface area contributed by atoms with Crippen molar-refractivity contribution in [3.05, 3.63) is 35.9 Å². The topological polar surface area (TPSA) is 35.6 Å². The zero-order valence-electron chi connectivity index (χ0n) is 13.5. The van der Waals surface area contributed by atoms with E-state index in [1.54, 1.807) is 0 Å². The molecular weight excluding hydrogens is 274 g/mol. The van der Waals surface area contributed by atoms with Crippen LogP contribution in [0.5, 0.6) is 0 Å². The fraction of sp³-hybridized carbons (Fsp3) is 0.611. The van der Waals surface area contributed by atoms with E-state index in [9.17, 15) is 4.79 Å². The normalized spacial score (nSPS) is 26.9. The summed E-state index contributed by atoms with van der Waals surface area (Å²) >= 11 is 0. The Balaban J connectivity index is 1.67. The van der Waals surface area contributed by atoms with E-state index in [-0.39, 0.29) is 6.04 Å². The second kappa shape index (κ2) is 7.25. The molecule has 22 heavy (non-hydrogen) atoms. The molecule has 4 nitrogen and oxygen atoms in total. The second-order valence-corrected chi connectivity index (χ2v) is 6.61. The van der Waals surface area contributed by atoms with Gasteiger partial charge in [0.05, 0.1) is 6.04 Å². The van der Waals surface area contributed by atoms with E-state index in [1.165, 1.54) is 18.4 Å². The van der Waals surface area contributed by atoms with Gasteiger partial charge in [-0.15, -0.1) is 0 Å². The van der Waals surface area contributed by atoms with E-state index in [4.69, 9.17) is 0 Å². The molecule has 0 radical (unpaired) electrons. The van der Waals surface area contributed by atoms with Crippen LogP contribution in [0.25, 0.3) is 0 Å². The van der Waals surface area contributed by atoms with Gasteiger partial charge >= 0.3 is 0 Å². The van der Waals surface area contributed by atoms with Gasteiger partial charge in [-0.25, -0.2) is 0 Å². The van der Waals surface area contributed by atoms with Crippen molar-refractivity contribution < 1.29 is 4.79 Å². The van der Waals surface area contributed by atoms with Gasteiger partial charge in [-0.3, -0.25) is 9.69 Å². The van der Waals surface area contributed by atoms with E-state index in [0.29, 0.717) is 11.9 Å². The lowest BCUT2D eigenvalue weighted by molar-refractivity contribution is -0.139. The third-order valence-corrected chi connectivity index (χ3v) is 4.81. The van der Waals surface area contributed by atoms with Crippen molar-refractivity contribution in [1.29, 1.82) is 0 Å². The largest absolute Gasteiger partial charge is 0.339 e. The molecule has 2 saturated heterocycles. The van der Waals surface area contributed by atoms with E-state index in [1.807, 2.05) is 6.07 Å². The van der Waals surface area contributed by atoms with Crippen LogP contribution in [0.2, 0.25) is 0 Å². The van der Waals surface area contributed by atoms with Gasteiger partial charge in [0.15, 0.2) is 0 Å². The smallest absolute Gasteiger partial charge is 0.240 e. The lowest BCUT2D eigenvalue weighted by Gasteiger charge is -2.40. The lowest BCUT2D eigenvalue weighted by atomic mass is 9.99. The maximum Gasteiger partial charge on any atom is 0.240 e. The Kier molecular flexibility index (Phi) is 5.11. The second-order valence-electron chi connectivity index (χ2n) is 6.61. The molecule has 0 bridgehead atoms. The minimum absolute atomic E-state index is 0.0688. The molecule has 2 aliphatic heterocycles. The molecule has 2 heterocycles. The molecule has 0 aromatic heterocycles. The van der Waals surface area contributed by atoms with Crippen LogP contribution >= 0.6 is 0 Å². The summed E-state index contributed by atoms with van der Waals surface area (Å²) in [5.74, 6) is 0.337. The highest BCUT2D eigenvalue weighted by atomic mass is 16.2. The minimum atomic E-state index is 0.0688. The Morgan fingerprint density at radius 2 is 2.05 bits per heavy atom. The molecule has 0 spiro atoms. The van der Waals surface area contributed by atoms with E-state index in [0.717, 1.165) is 39.1 Å². The fourth-order valence-electron chi connectivity index (χ4n) is 3.62. The van der Waals surface area contributed by atoms with Crippen LogP contribution < -0.4 is 5.32 Å². The summed E-state index contributed by atoms with van der Waals surface area (Å²) in [6.45, 7) is 6.68. The molecule has 0 saturated carbocycles. The third-order valence-electron chi connectivity index (χ3n) is 4.81. The van der Waals surface area contributed by atoms with Gasteiger partial charge in [-0.1, -0.05) is 36.8 Å². The third kappa shape index (κ3) is 3.68. The Labute approximate surface area is 133 Å². The number of benzene rings is 1. The number of piperazine rings is 1. The van der Waals surface area contributed by atoms with Crippen molar-refractivity contribution in [2.75, 3.05) is 26.2 Å². The van der Waals surface area contributed by atoms with Crippen LogP contribution in [0.4, 0.5) is 0 Å². The highest BCUT2D eigenvalue weighted by Crippen LogP contribution is 2.22. The van der Waals surface area contributed by atoms with Gasteiger partial charge in [0.2, 0.25) is 5.91 Å². The molecule has 4 heteroatoms. The minimum Gasteiger partial charge on any atom is -0.339 e. The molecule has 120 valence electrons. The van der Waals surface area contributed by atoms with Gasteiger partial charge in [-0.05, 0) is 31.9 Å². The van der Waals surface area contributed by atoms with Crippen LogP contribution in [0.3, 0.4) is 0 Å². The number of hydrogen-bond donors (Lipinski definition) is 1. The summed E-state index contributed by atoms with van der Waals surface area (Å²) in [5.41, 5.74) is 1.30. The van der Waals surface area contributed by atoms with Crippen LogP contribution in [0, 0.1) is 0 Å². The standard InChI is InChI=1S/C18H27N3O/c1-15-13-21(12-10-19-15)18(22)17-9-5-6-11-20(17)14-16-7-3-2-4-8-16/h2-4,7-8,15,17,19H,5-6,9-14H2,1H3. The van der Waals surface area contributed by atoms with Crippen LogP contribution in [-0.2, 0) is 11.3 Å². The number of carbonyl (C=O) groups is 1. The van der Waals surface area contributed by atoms with Crippen LogP contribution in [0.15, 0.2) is 30.3 Å². The predicted octanol–water partition coefficient (Wildman–Crippen LogP) is 1.86. The van der Waals surface area contributed by atoms with Crippen molar-refractivity contribution >= 4 is 5.91 Å².